The molecule has 2 aliphatic rings. The summed E-state index contributed by atoms with van der Waals surface area (Å²) in [6.07, 6.45) is 0.255. The van der Waals surface area contributed by atoms with E-state index < -0.39 is 11.7 Å². The minimum Gasteiger partial charge on any atom is -0.507 e. The molecule has 6 aromatic rings. The van der Waals surface area contributed by atoms with Gasteiger partial charge < -0.3 is 30.0 Å². The number of fused-ring (bicyclic) bond motifs is 7. The Morgan fingerprint density at radius 2 is 1.73 bits per heavy atom. The highest BCUT2D eigenvalue weighted by Gasteiger charge is 2.36. The van der Waals surface area contributed by atoms with Crippen LogP contribution >= 0.6 is 11.6 Å². The maximum Gasteiger partial charge on any atom is 0.414 e. The smallest absolute Gasteiger partial charge is 0.414 e. The summed E-state index contributed by atoms with van der Waals surface area (Å²) in [6, 6.07) is 19.9. The molecule has 248 valence electrons. The Labute approximate surface area is 285 Å². The Morgan fingerprint density at radius 1 is 0.959 bits per heavy atom. The molecule has 4 N–H and O–H groups in total. The van der Waals surface area contributed by atoms with Crippen molar-refractivity contribution in [1.82, 2.24) is 15.0 Å². The number of halogens is 1. The molecule has 11 nitrogen and oxygen atoms in total. The zero-order chi connectivity index (χ0) is 34.2. The quantitative estimate of drug-likeness (QED) is 0.143. The van der Waals surface area contributed by atoms with Crippen molar-refractivity contribution < 1.29 is 24.2 Å². The van der Waals surface area contributed by atoms with Crippen LogP contribution in [0.15, 0.2) is 66.7 Å². The molecule has 0 radical (unpaired) electrons. The van der Waals surface area contributed by atoms with Crippen molar-refractivity contribution in [2.45, 2.75) is 38.7 Å². The molecule has 4 heterocycles. The Balaban J connectivity index is 1.03. The summed E-state index contributed by atoms with van der Waals surface area (Å²) in [5, 5.41) is 16.1. The number of nitrogens with one attached hydrogen (secondary N) is 3. The highest BCUT2D eigenvalue weighted by Crippen LogP contribution is 2.45. The molecule has 4 aromatic carbocycles. The first kappa shape index (κ1) is 30.8. The lowest BCUT2D eigenvalue weighted by atomic mass is 9.95. The van der Waals surface area contributed by atoms with E-state index in [2.05, 4.69) is 20.3 Å². The molecule has 0 spiro atoms. The lowest BCUT2D eigenvalue weighted by molar-refractivity contribution is 0.0583. The molecule has 0 unspecified atom stereocenters. The van der Waals surface area contributed by atoms with Gasteiger partial charge in [0.1, 0.15) is 17.0 Å². The standard InChI is InChI=1S/C37H33ClN6O5/c1-37(2,3)49-36(48)43-13-12-21-24-15-28(40-25(24)10-11-29(21)43)34(46)39-20-8-9-26-27(14-20)42-33(41-26)35(47)44-18-19(17-38)32-23-7-5-4-6-22(23)31(45)16-30(32)44/h4-11,14-16,19,40,45H,12-13,17-18H2,1-3H3,(H,39,46)(H,41,42)/t19-/m1/s1. The number of aromatic amines is 2. The van der Waals surface area contributed by atoms with Gasteiger partial charge in [-0.25, -0.2) is 9.78 Å². The number of H-pyrrole nitrogens is 2. The van der Waals surface area contributed by atoms with E-state index in [0.717, 1.165) is 33.1 Å². The summed E-state index contributed by atoms with van der Waals surface area (Å²) < 4.78 is 5.59. The number of benzene rings is 4. The molecule has 0 fully saturated rings. The van der Waals surface area contributed by atoms with Crippen LogP contribution in [0.4, 0.5) is 21.9 Å². The van der Waals surface area contributed by atoms with E-state index in [1.54, 1.807) is 40.1 Å². The van der Waals surface area contributed by atoms with Crippen LogP contribution in [0.3, 0.4) is 0 Å². The molecule has 12 heteroatoms. The third-order valence-corrected chi connectivity index (χ3v) is 9.52. The van der Waals surface area contributed by atoms with E-state index in [1.165, 1.54) is 0 Å². The second-order valence-electron chi connectivity index (χ2n) is 13.5. The Hall–Kier alpha value is -5.55. The number of phenolic OH excluding ortho intramolecular Hbond substituents is 1. The molecule has 1 atom stereocenters. The summed E-state index contributed by atoms with van der Waals surface area (Å²) >= 11 is 6.36. The summed E-state index contributed by atoms with van der Waals surface area (Å²) in [6.45, 7) is 6.37. The van der Waals surface area contributed by atoms with Crippen molar-refractivity contribution in [3.63, 3.8) is 0 Å². The molecule has 0 saturated heterocycles. The Kier molecular flexibility index (Phi) is 7.07. The molecule has 2 aromatic heterocycles. The summed E-state index contributed by atoms with van der Waals surface area (Å²) in [4.78, 5) is 54.1. The predicted molar refractivity (Wildman–Crippen MR) is 190 cm³/mol. The normalized spacial score (nSPS) is 15.6. The first-order valence-electron chi connectivity index (χ1n) is 16.1. The molecule has 49 heavy (non-hydrogen) atoms. The van der Waals surface area contributed by atoms with Gasteiger partial charge in [-0.15, -0.1) is 11.6 Å². The Bertz CT molecular complexity index is 2360. The van der Waals surface area contributed by atoms with Crippen LogP contribution in [0.1, 0.15) is 58.9 Å². The van der Waals surface area contributed by atoms with Crippen molar-refractivity contribution >= 4 is 79.3 Å². The molecular formula is C37H33ClN6O5. The zero-order valence-corrected chi connectivity index (χ0v) is 27.8. The van der Waals surface area contributed by atoms with Crippen LogP contribution in [-0.2, 0) is 11.2 Å². The number of aromatic nitrogens is 3. The number of anilines is 3. The zero-order valence-electron chi connectivity index (χ0n) is 27.1. The summed E-state index contributed by atoms with van der Waals surface area (Å²) in [5.74, 6) is -0.247. The third-order valence-electron chi connectivity index (χ3n) is 9.14. The van der Waals surface area contributed by atoms with Gasteiger partial charge >= 0.3 is 6.09 Å². The number of rotatable bonds is 4. The largest absolute Gasteiger partial charge is 0.507 e. The highest BCUT2D eigenvalue weighted by atomic mass is 35.5. The van der Waals surface area contributed by atoms with Crippen LogP contribution in [-0.4, -0.2) is 62.5 Å². The second kappa shape index (κ2) is 11.3. The van der Waals surface area contributed by atoms with Gasteiger partial charge in [-0.05, 0) is 80.1 Å². The topological polar surface area (TPSA) is 144 Å². The molecular weight excluding hydrogens is 644 g/mol. The molecule has 0 bridgehead atoms. The summed E-state index contributed by atoms with van der Waals surface area (Å²) in [7, 11) is 0. The van der Waals surface area contributed by atoms with E-state index in [9.17, 15) is 19.5 Å². The van der Waals surface area contributed by atoms with E-state index in [-0.39, 0.29) is 29.3 Å². The van der Waals surface area contributed by atoms with Gasteiger partial charge in [0, 0.05) is 52.9 Å². The van der Waals surface area contributed by atoms with Crippen LogP contribution in [0.25, 0.3) is 32.7 Å². The average molecular weight is 677 g/mol. The van der Waals surface area contributed by atoms with Crippen LogP contribution in [0.5, 0.6) is 5.75 Å². The second-order valence-corrected chi connectivity index (χ2v) is 13.8. The van der Waals surface area contributed by atoms with Gasteiger partial charge in [0.2, 0.25) is 0 Å². The number of phenols is 1. The van der Waals surface area contributed by atoms with Gasteiger partial charge in [-0.1, -0.05) is 24.3 Å². The number of carbonyl (C=O) groups is 3. The number of hydrogen-bond acceptors (Lipinski definition) is 6. The third kappa shape index (κ3) is 5.21. The van der Waals surface area contributed by atoms with E-state index in [0.29, 0.717) is 58.9 Å². The van der Waals surface area contributed by atoms with Crippen LogP contribution in [0.2, 0.25) is 0 Å². The van der Waals surface area contributed by atoms with Crippen molar-refractivity contribution in [1.29, 1.82) is 0 Å². The number of aromatic hydroxyl groups is 1. The molecule has 0 saturated carbocycles. The first-order chi connectivity index (χ1) is 23.5. The van der Waals surface area contributed by atoms with Crippen LogP contribution < -0.4 is 15.1 Å². The number of hydrogen-bond donors (Lipinski definition) is 4. The van der Waals surface area contributed by atoms with Crippen LogP contribution in [0, 0.1) is 0 Å². The fourth-order valence-electron chi connectivity index (χ4n) is 7.00. The minimum atomic E-state index is -0.603. The van der Waals surface area contributed by atoms with Gasteiger partial charge in [-0.3, -0.25) is 14.5 Å². The maximum atomic E-state index is 13.8. The summed E-state index contributed by atoms with van der Waals surface area (Å²) in [5.41, 5.74) is 5.51. The average Bonchev–Trinajstić information content (AvgIpc) is 3.86. The molecule has 8 rings (SSSR count). The Morgan fingerprint density at radius 3 is 2.51 bits per heavy atom. The van der Waals surface area contributed by atoms with E-state index >= 15 is 0 Å². The maximum absolute atomic E-state index is 13.8. The molecule has 2 aliphatic heterocycles. The van der Waals surface area contributed by atoms with Gasteiger partial charge in [0.05, 0.1) is 22.4 Å². The number of nitrogens with zero attached hydrogens (tertiary/aromatic N) is 3. The van der Waals surface area contributed by atoms with Crippen molar-refractivity contribution in [2.75, 3.05) is 34.1 Å². The van der Waals surface area contributed by atoms with E-state index in [4.69, 9.17) is 16.3 Å². The number of amides is 3. The monoisotopic (exact) mass is 676 g/mol. The number of ether oxygens (including phenoxy) is 1. The SMILES string of the molecule is CC(C)(C)OC(=O)N1CCc2c1ccc1[nH]c(C(=O)Nc3ccc4[nH]c(C(=O)N5C[C@@H](CCl)c6c5cc(O)c5ccccc65)nc4c3)cc21. The predicted octanol–water partition coefficient (Wildman–Crippen LogP) is 7.44. The molecule has 3 amide bonds. The van der Waals surface area contributed by atoms with Gasteiger partial charge in [-0.2, -0.15) is 0 Å². The minimum absolute atomic E-state index is 0.0921. The fourth-order valence-corrected chi connectivity index (χ4v) is 7.25. The van der Waals surface area contributed by atoms with Crippen molar-refractivity contribution in [2.24, 2.45) is 0 Å². The number of carbonyl (C=O) groups excluding carboxylic acids is 3. The van der Waals surface area contributed by atoms with Crippen molar-refractivity contribution in [3.05, 3.63) is 89.4 Å². The number of alkyl halides is 1. The lowest BCUT2D eigenvalue weighted by Gasteiger charge is -2.24. The van der Waals surface area contributed by atoms with Gasteiger partial charge in [0.15, 0.2) is 5.82 Å². The molecule has 0 aliphatic carbocycles. The van der Waals surface area contributed by atoms with Gasteiger partial charge in [0.25, 0.3) is 11.8 Å². The van der Waals surface area contributed by atoms with Crippen molar-refractivity contribution in [3.8, 4) is 5.75 Å². The number of imidazole rings is 1. The van der Waals surface area contributed by atoms with E-state index in [1.807, 2.05) is 57.2 Å². The first-order valence-corrected chi connectivity index (χ1v) is 16.6. The highest BCUT2D eigenvalue weighted by molar-refractivity contribution is 6.19. The fraction of sp³-hybridized carbons (Fsp3) is 0.243. The lowest BCUT2D eigenvalue weighted by Crippen LogP contribution is -2.35.